The third-order valence-corrected chi connectivity index (χ3v) is 4.98. The molecule has 1 fully saturated rings. The molecule has 1 aliphatic heterocycles. The number of hydrogen-bond acceptors (Lipinski definition) is 6. The number of anilines is 2. The van der Waals surface area contributed by atoms with Gasteiger partial charge in [-0.15, -0.1) is 11.3 Å². The lowest BCUT2D eigenvalue weighted by Gasteiger charge is -2.22. The van der Waals surface area contributed by atoms with Crippen molar-refractivity contribution in [3.8, 4) is 6.07 Å². The zero-order valence-electron chi connectivity index (χ0n) is 12.5. The number of nitrogens with two attached hydrogens (primary N) is 1. The number of carbonyl (C=O) groups excluding carboxylic acids is 1. The molecule has 2 rings (SSSR count). The molecular formula is C15H21N3O2S. The largest absolute Gasteiger partial charge is 0.462 e. The molecule has 2 N–H and O–H groups in total. The standard InChI is InChI=1S/C15H21N3O2S/c1-3-20-15(19)12-13(17)11(9-16)21-14(12)18-7-4-5-10(2)6-8-18/h10H,3-8,17H2,1-2H3. The lowest BCUT2D eigenvalue weighted by Crippen LogP contribution is -2.25. The smallest absolute Gasteiger partial charge is 0.343 e. The fraction of sp³-hybridized carbons (Fsp3) is 0.600. The van der Waals surface area contributed by atoms with E-state index in [9.17, 15) is 10.1 Å². The number of nitriles is 1. The molecule has 114 valence electrons. The van der Waals surface area contributed by atoms with Gasteiger partial charge in [0.2, 0.25) is 0 Å². The van der Waals surface area contributed by atoms with Crippen molar-refractivity contribution in [2.24, 2.45) is 5.92 Å². The predicted molar refractivity (Wildman–Crippen MR) is 84.6 cm³/mol. The summed E-state index contributed by atoms with van der Waals surface area (Å²) in [6, 6.07) is 2.08. The molecule has 1 atom stereocenters. The topological polar surface area (TPSA) is 79.3 Å². The molecule has 5 nitrogen and oxygen atoms in total. The monoisotopic (exact) mass is 307 g/mol. The third kappa shape index (κ3) is 3.30. The van der Waals surface area contributed by atoms with Crippen LogP contribution in [0, 0.1) is 17.2 Å². The van der Waals surface area contributed by atoms with Crippen LogP contribution in [0.2, 0.25) is 0 Å². The van der Waals surface area contributed by atoms with E-state index in [0.717, 1.165) is 30.9 Å². The van der Waals surface area contributed by atoms with E-state index in [1.54, 1.807) is 6.92 Å². The van der Waals surface area contributed by atoms with Gasteiger partial charge in [0, 0.05) is 13.1 Å². The van der Waals surface area contributed by atoms with Crippen LogP contribution >= 0.6 is 11.3 Å². The maximum Gasteiger partial charge on any atom is 0.343 e. The highest BCUT2D eigenvalue weighted by molar-refractivity contribution is 7.17. The molecule has 0 aromatic carbocycles. The second kappa shape index (κ2) is 6.81. The first kappa shape index (κ1) is 15.6. The molecule has 0 radical (unpaired) electrons. The van der Waals surface area contributed by atoms with Gasteiger partial charge in [-0.05, 0) is 32.1 Å². The van der Waals surface area contributed by atoms with Crippen LogP contribution < -0.4 is 10.6 Å². The lowest BCUT2D eigenvalue weighted by molar-refractivity contribution is 0.0529. The van der Waals surface area contributed by atoms with Gasteiger partial charge < -0.3 is 15.4 Å². The van der Waals surface area contributed by atoms with Crippen molar-refractivity contribution >= 4 is 28.0 Å². The molecule has 21 heavy (non-hydrogen) atoms. The molecule has 1 saturated heterocycles. The zero-order chi connectivity index (χ0) is 15.4. The summed E-state index contributed by atoms with van der Waals surface area (Å²) in [6.45, 7) is 6.09. The minimum absolute atomic E-state index is 0.258. The molecule has 1 aliphatic rings. The van der Waals surface area contributed by atoms with Gasteiger partial charge in [-0.25, -0.2) is 4.79 Å². The maximum absolute atomic E-state index is 12.2. The number of thiophene rings is 1. The molecule has 0 amide bonds. The summed E-state index contributed by atoms with van der Waals surface area (Å²) in [5.41, 5.74) is 6.61. The number of carbonyl (C=O) groups is 1. The Labute approximate surface area is 129 Å². The first-order valence-electron chi connectivity index (χ1n) is 7.32. The maximum atomic E-state index is 12.2. The molecule has 1 aromatic rings. The molecule has 0 bridgehead atoms. The van der Waals surface area contributed by atoms with Gasteiger partial charge >= 0.3 is 5.97 Å². The van der Waals surface area contributed by atoms with Crippen LogP contribution in [0.3, 0.4) is 0 Å². The summed E-state index contributed by atoms with van der Waals surface area (Å²) in [5, 5.41) is 9.96. The Hall–Kier alpha value is -1.74. The molecule has 0 saturated carbocycles. The van der Waals surface area contributed by atoms with E-state index in [1.165, 1.54) is 17.8 Å². The van der Waals surface area contributed by atoms with E-state index in [1.807, 2.05) is 0 Å². The zero-order valence-corrected chi connectivity index (χ0v) is 13.3. The summed E-state index contributed by atoms with van der Waals surface area (Å²) in [4.78, 5) is 14.7. The highest BCUT2D eigenvalue weighted by Gasteiger charge is 2.27. The van der Waals surface area contributed by atoms with Gasteiger partial charge in [-0.2, -0.15) is 5.26 Å². The third-order valence-electron chi connectivity index (χ3n) is 3.81. The van der Waals surface area contributed by atoms with Crippen molar-refractivity contribution in [1.29, 1.82) is 5.26 Å². The van der Waals surface area contributed by atoms with Crippen molar-refractivity contribution < 1.29 is 9.53 Å². The van der Waals surface area contributed by atoms with E-state index < -0.39 is 5.97 Å². The minimum atomic E-state index is -0.431. The van der Waals surface area contributed by atoms with Crippen molar-refractivity contribution in [3.63, 3.8) is 0 Å². The van der Waals surface area contributed by atoms with Crippen molar-refractivity contribution in [2.75, 3.05) is 30.3 Å². The Bertz CT molecular complexity index is 562. The van der Waals surface area contributed by atoms with Crippen LogP contribution in [0.1, 0.15) is 48.3 Å². The molecule has 1 unspecified atom stereocenters. The number of ether oxygens (including phenoxy) is 1. The van der Waals surface area contributed by atoms with E-state index in [0.29, 0.717) is 23.0 Å². The van der Waals surface area contributed by atoms with Crippen LogP contribution in [0.4, 0.5) is 10.7 Å². The Morgan fingerprint density at radius 3 is 2.95 bits per heavy atom. The summed E-state index contributed by atoms with van der Waals surface area (Å²) < 4.78 is 5.10. The summed E-state index contributed by atoms with van der Waals surface area (Å²) in [7, 11) is 0. The molecule has 0 aliphatic carbocycles. The van der Waals surface area contributed by atoms with Crippen LogP contribution in [-0.4, -0.2) is 25.7 Å². The Morgan fingerprint density at radius 1 is 1.52 bits per heavy atom. The first-order chi connectivity index (χ1) is 10.1. The first-order valence-corrected chi connectivity index (χ1v) is 8.14. The van der Waals surface area contributed by atoms with Crippen molar-refractivity contribution in [2.45, 2.75) is 33.1 Å². The number of nitrogen functional groups attached to an aromatic ring is 1. The normalized spacial score (nSPS) is 18.9. The summed E-state index contributed by atoms with van der Waals surface area (Å²) in [5.74, 6) is 0.258. The van der Waals surface area contributed by atoms with Crippen LogP contribution in [0.15, 0.2) is 0 Å². The SMILES string of the molecule is CCOC(=O)c1c(N2CCCC(C)CC2)sc(C#N)c1N. The van der Waals surface area contributed by atoms with E-state index in [2.05, 4.69) is 17.9 Å². The van der Waals surface area contributed by atoms with Gasteiger partial charge in [-0.3, -0.25) is 0 Å². The van der Waals surface area contributed by atoms with Crippen molar-refractivity contribution in [1.82, 2.24) is 0 Å². The average molecular weight is 307 g/mol. The van der Waals surface area contributed by atoms with Crippen LogP contribution in [-0.2, 0) is 4.74 Å². The van der Waals surface area contributed by atoms with E-state index >= 15 is 0 Å². The average Bonchev–Trinajstić information content (AvgIpc) is 2.63. The van der Waals surface area contributed by atoms with Crippen molar-refractivity contribution in [3.05, 3.63) is 10.4 Å². The Kier molecular flexibility index (Phi) is 5.07. The summed E-state index contributed by atoms with van der Waals surface area (Å²) in [6.07, 6.45) is 3.36. The molecule has 2 heterocycles. The number of esters is 1. The molecule has 1 aromatic heterocycles. The quantitative estimate of drug-likeness (QED) is 0.868. The highest BCUT2D eigenvalue weighted by atomic mass is 32.1. The summed E-state index contributed by atoms with van der Waals surface area (Å²) >= 11 is 1.30. The number of hydrogen-bond donors (Lipinski definition) is 1. The van der Waals surface area contributed by atoms with Gasteiger partial charge in [0.05, 0.1) is 12.3 Å². The number of nitrogens with zero attached hydrogens (tertiary/aromatic N) is 2. The fourth-order valence-electron chi connectivity index (χ4n) is 2.60. The predicted octanol–water partition coefficient (Wildman–Crippen LogP) is 3.01. The molecular weight excluding hydrogens is 286 g/mol. The molecule has 6 heteroatoms. The van der Waals surface area contributed by atoms with E-state index in [4.69, 9.17) is 10.5 Å². The van der Waals surface area contributed by atoms with Gasteiger partial charge in [0.1, 0.15) is 21.5 Å². The fourth-order valence-corrected chi connectivity index (χ4v) is 3.66. The van der Waals surface area contributed by atoms with Gasteiger partial charge in [-0.1, -0.05) is 6.92 Å². The van der Waals surface area contributed by atoms with Gasteiger partial charge in [0.25, 0.3) is 0 Å². The molecule has 0 spiro atoms. The van der Waals surface area contributed by atoms with E-state index in [-0.39, 0.29) is 5.69 Å². The highest BCUT2D eigenvalue weighted by Crippen LogP contribution is 2.39. The Morgan fingerprint density at radius 2 is 2.29 bits per heavy atom. The number of rotatable bonds is 3. The van der Waals surface area contributed by atoms with Gasteiger partial charge in [0.15, 0.2) is 0 Å². The lowest BCUT2D eigenvalue weighted by atomic mass is 10.0. The second-order valence-corrected chi connectivity index (χ2v) is 6.38. The van der Waals surface area contributed by atoms with Crippen LogP contribution in [0.5, 0.6) is 0 Å². The Balaban J connectivity index is 2.37. The second-order valence-electron chi connectivity index (χ2n) is 5.38. The van der Waals surface area contributed by atoms with Crippen LogP contribution in [0.25, 0.3) is 0 Å². The minimum Gasteiger partial charge on any atom is -0.462 e.